The number of carboxylic acid groups (broad SMARTS) is 1. The zero-order valence-electron chi connectivity index (χ0n) is 12.1. The van der Waals surface area contributed by atoms with Crippen molar-refractivity contribution in [2.45, 2.75) is 27.2 Å². The number of anilines is 1. The van der Waals surface area contributed by atoms with Gasteiger partial charge >= 0.3 is 5.97 Å². The summed E-state index contributed by atoms with van der Waals surface area (Å²) in [6.07, 6.45) is 2.25. The molecule has 1 unspecified atom stereocenters. The van der Waals surface area contributed by atoms with Gasteiger partial charge in [0.15, 0.2) is 0 Å². The lowest BCUT2D eigenvalue weighted by Gasteiger charge is -2.29. The van der Waals surface area contributed by atoms with Crippen molar-refractivity contribution in [1.82, 2.24) is 4.98 Å². The van der Waals surface area contributed by atoms with Gasteiger partial charge in [-0.1, -0.05) is 13.8 Å². The summed E-state index contributed by atoms with van der Waals surface area (Å²) in [7, 11) is 0. The minimum Gasteiger partial charge on any atom is -0.481 e. The van der Waals surface area contributed by atoms with E-state index in [4.69, 9.17) is 0 Å². The van der Waals surface area contributed by atoms with Crippen LogP contribution >= 0.6 is 0 Å². The van der Waals surface area contributed by atoms with Crippen LogP contribution in [0.4, 0.5) is 5.82 Å². The fourth-order valence-corrected chi connectivity index (χ4v) is 2.83. The van der Waals surface area contributed by atoms with Crippen molar-refractivity contribution in [2.24, 2.45) is 11.3 Å². The topological polar surface area (TPSA) is 77.2 Å². The van der Waals surface area contributed by atoms with Crippen molar-refractivity contribution in [3.8, 4) is 6.07 Å². The van der Waals surface area contributed by atoms with E-state index in [-0.39, 0.29) is 5.92 Å². The number of aromatic nitrogens is 1. The molecule has 0 amide bonds. The molecule has 20 heavy (non-hydrogen) atoms. The van der Waals surface area contributed by atoms with Gasteiger partial charge in [-0.05, 0) is 30.9 Å². The largest absolute Gasteiger partial charge is 0.481 e. The molecule has 0 aromatic carbocycles. The molecule has 106 valence electrons. The normalized spacial score (nSPS) is 22.1. The van der Waals surface area contributed by atoms with Gasteiger partial charge in [0.05, 0.1) is 11.0 Å². The summed E-state index contributed by atoms with van der Waals surface area (Å²) in [5.74, 6) is -0.113. The second-order valence-corrected chi connectivity index (χ2v) is 5.73. The SMILES string of the molecule is Cc1ccnc(N2CCC(C(=O)O)(C(C)C)C2)c1C#N. The van der Waals surface area contributed by atoms with E-state index in [1.165, 1.54) is 0 Å². The van der Waals surface area contributed by atoms with E-state index < -0.39 is 11.4 Å². The summed E-state index contributed by atoms with van der Waals surface area (Å²) < 4.78 is 0. The number of nitriles is 1. The van der Waals surface area contributed by atoms with Crippen LogP contribution < -0.4 is 4.90 Å². The fourth-order valence-electron chi connectivity index (χ4n) is 2.83. The van der Waals surface area contributed by atoms with Crippen LogP contribution in [0.2, 0.25) is 0 Å². The maximum Gasteiger partial charge on any atom is 0.311 e. The molecule has 1 saturated heterocycles. The molecule has 1 aliphatic heterocycles. The van der Waals surface area contributed by atoms with Crippen LogP contribution in [0.15, 0.2) is 12.3 Å². The second-order valence-electron chi connectivity index (χ2n) is 5.73. The lowest BCUT2D eigenvalue weighted by molar-refractivity contribution is -0.150. The number of rotatable bonds is 3. The molecule has 1 aromatic rings. The zero-order chi connectivity index (χ0) is 14.9. The minimum absolute atomic E-state index is 0.0420. The summed E-state index contributed by atoms with van der Waals surface area (Å²) in [5, 5.41) is 18.8. The highest BCUT2D eigenvalue weighted by molar-refractivity contribution is 5.77. The Labute approximate surface area is 118 Å². The Morgan fingerprint density at radius 3 is 2.80 bits per heavy atom. The van der Waals surface area contributed by atoms with E-state index in [0.29, 0.717) is 30.9 Å². The molecule has 1 N–H and O–H groups in total. The predicted octanol–water partition coefficient (Wildman–Crippen LogP) is 2.20. The highest BCUT2D eigenvalue weighted by Crippen LogP contribution is 2.40. The summed E-state index contributed by atoms with van der Waals surface area (Å²) in [4.78, 5) is 17.9. The van der Waals surface area contributed by atoms with Crippen LogP contribution in [0.3, 0.4) is 0 Å². The van der Waals surface area contributed by atoms with Gasteiger partial charge in [0.25, 0.3) is 0 Å². The number of carbonyl (C=O) groups is 1. The van der Waals surface area contributed by atoms with Gasteiger partial charge in [0.2, 0.25) is 0 Å². The van der Waals surface area contributed by atoms with Crippen LogP contribution in [0.1, 0.15) is 31.4 Å². The number of pyridine rings is 1. The van der Waals surface area contributed by atoms with Crippen molar-refractivity contribution in [1.29, 1.82) is 5.26 Å². The Morgan fingerprint density at radius 1 is 1.60 bits per heavy atom. The predicted molar refractivity (Wildman–Crippen MR) is 75.4 cm³/mol. The van der Waals surface area contributed by atoms with Crippen LogP contribution in [-0.2, 0) is 4.79 Å². The zero-order valence-corrected chi connectivity index (χ0v) is 12.1. The van der Waals surface area contributed by atoms with Crippen molar-refractivity contribution in [3.63, 3.8) is 0 Å². The van der Waals surface area contributed by atoms with Crippen LogP contribution in [0, 0.1) is 29.6 Å². The molecule has 0 bridgehead atoms. The molecular formula is C15H19N3O2. The molecule has 0 radical (unpaired) electrons. The van der Waals surface area contributed by atoms with E-state index in [0.717, 1.165) is 5.56 Å². The Kier molecular flexibility index (Phi) is 3.67. The van der Waals surface area contributed by atoms with Crippen molar-refractivity contribution >= 4 is 11.8 Å². The van der Waals surface area contributed by atoms with Crippen molar-refractivity contribution in [3.05, 3.63) is 23.4 Å². The monoisotopic (exact) mass is 273 g/mol. The number of hydrogen-bond donors (Lipinski definition) is 1. The molecule has 0 saturated carbocycles. The number of hydrogen-bond acceptors (Lipinski definition) is 4. The average molecular weight is 273 g/mol. The van der Waals surface area contributed by atoms with Crippen LogP contribution in [0.25, 0.3) is 0 Å². The summed E-state index contributed by atoms with van der Waals surface area (Å²) in [6, 6.07) is 3.97. The third kappa shape index (κ3) is 2.11. The Hall–Kier alpha value is -2.09. The van der Waals surface area contributed by atoms with Gasteiger partial charge in [0, 0.05) is 19.3 Å². The molecule has 1 aliphatic rings. The van der Waals surface area contributed by atoms with Crippen LogP contribution in [-0.4, -0.2) is 29.1 Å². The molecule has 1 fully saturated rings. The summed E-state index contributed by atoms with van der Waals surface area (Å²) in [5.41, 5.74) is 0.658. The first kappa shape index (κ1) is 14.3. The molecule has 0 spiro atoms. The first-order valence-electron chi connectivity index (χ1n) is 6.76. The van der Waals surface area contributed by atoms with Gasteiger partial charge < -0.3 is 10.0 Å². The molecule has 2 rings (SSSR count). The van der Waals surface area contributed by atoms with Crippen LogP contribution in [0.5, 0.6) is 0 Å². The van der Waals surface area contributed by atoms with E-state index in [1.54, 1.807) is 12.3 Å². The first-order valence-corrected chi connectivity index (χ1v) is 6.76. The molecule has 1 aromatic heterocycles. The lowest BCUT2D eigenvalue weighted by Crippen LogP contribution is -2.39. The Morgan fingerprint density at radius 2 is 2.30 bits per heavy atom. The maximum absolute atomic E-state index is 11.7. The number of carboxylic acids is 1. The quantitative estimate of drug-likeness (QED) is 0.913. The fraction of sp³-hybridized carbons (Fsp3) is 0.533. The molecule has 5 heteroatoms. The van der Waals surface area contributed by atoms with Gasteiger partial charge in [-0.3, -0.25) is 4.79 Å². The van der Waals surface area contributed by atoms with Gasteiger partial charge in [0.1, 0.15) is 11.9 Å². The smallest absolute Gasteiger partial charge is 0.311 e. The molecule has 1 atom stereocenters. The Bertz CT molecular complexity index is 577. The summed E-state index contributed by atoms with van der Waals surface area (Å²) >= 11 is 0. The average Bonchev–Trinajstić information content (AvgIpc) is 2.84. The van der Waals surface area contributed by atoms with Gasteiger partial charge in [-0.15, -0.1) is 0 Å². The van der Waals surface area contributed by atoms with Crippen molar-refractivity contribution < 1.29 is 9.90 Å². The number of nitrogens with zero attached hydrogens (tertiary/aromatic N) is 3. The molecule has 5 nitrogen and oxygen atoms in total. The van der Waals surface area contributed by atoms with E-state index in [1.807, 2.05) is 25.7 Å². The van der Waals surface area contributed by atoms with E-state index in [9.17, 15) is 15.2 Å². The third-order valence-electron chi connectivity index (χ3n) is 4.38. The third-order valence-corrected chi connectivity index (χ3v) is 4.38. The highest BCUT2D eigenvalue weighted by Gasteiger charge is 2.48. The van der Waals surface area contributed by atoms with Gasteiger partial charge in [-0.25, -0.2) is 4.98 Å². The maximum atomic E-state index is 11.7. The molecule has 2 heterocycles. The number of aliphatic carboxylic acids is 1. The van der Waals surface area contributed by atoms with Gasteiger partial charge in [-0.2, -0.15) is 5.26 Å². The standard InChI is InChI=1S/C15H19N3O2/c1-10(2)15(14(19)20)5-7-18(9-15)13-12(8-16)11(3)4-6-17-13/h4,6,10H,5,7,9H2,1-3H3,(H,19,20). The lowest BCUT2D eigenvalue weighted by atomic mass is 9.76. The van der Waals surface area contributed by atoms with E-state index in [2.05, 4.69) is 11.1 Å². The summed E-state index contributed by atoms with van der Waals surface area (Å²) in [6.45, 7) is 6.77. The van der Waals surface area contributed by atoms with Crippen molar-refractivity contribution in [2.75, 3.05) is 18.0 Å². The first-order chi connectivity index (χ1) is 9.42. The minimum atomic E-state index is -0.763. The second kappa shape index (κ2) is 5.12. The molecular weight excluding hydrogens is 254 g/mol. The van der Waals surface area contributed by atoms with E-state index >= 15 is 0 Å². The number of aryl methyl sites for hydroxylation is 1. The molecule has 0 aliphatic carbocycles. The Balaban J connectivity index is 2.37. The highest BCUT2D eigenvalue weighted by atomic mass is 16.4.